The molecule has 1 rings (SSSR count). The first kappa shape index (κ1) is 16.1. The first-order valence-corrected chi connectivity index (χ1v) is 8.41. The maximum Gasteiger partial charge on any atom is 0.534 e. The summed E-state index contributed by atoms with van der Waals surface area (Å²) in [5, 5.41) is -0.568. The molecule has 18 heavy (non-hydrogen) atoms. The van der Waals surface area contributed by atoms with Crippen molar-refractivity contribution in [2.75, 3.05) is 33.0 Å². The predicted molar refractivity (Wildman–Crippen MR) is 70.4 cm³/mol. The van der Waals surface area contributed by atoms with Gasteiger partial charge in [-0.1, -0.05) is 0 Å². The fraction of sp³-hybridized carbons (Fsp3) is 1.00. The van der Waals surface area contributed by atoms with E-state index >= 15 is 0 Å². The van der Waals surface area contributed by atoms with Crippen LogP contribution in [0.2, 0.25) is 0 Å². The molecule has 1 atom stereocenters. The smallest absolute Gasteiger partial charge is 0.372 e. The van der Waals surface area contributed by atoms with Crippen LogP contribution in [0.3, 0.4) is 0 Å². The van der Waals surface area contributed by atoms with E-state index in [4.69, 9.17) is 22.8 Å². The number of hydrogen-bond donors (Lipinski definition) is 0. The van der Waals surface area contributed by atoms with Crippen molar-refractivity contribution in [3.8, 4) is 0 Å². The van der Waals surface area contributed by atoms with E-state index in [1.54, 1.807) is 0 Å². The highest BCUT2D eigenvalue weighted by atomic mass is 28.4. The third-order valence-corrected chi connectivity index (χ3v) is 6.40. The van der Waals surface area contributed by atoms with Gasteiger partial charge in [0, 0.05) is 19.8 Å². The summed E-state index contributed by atoms with van der Waals surface area (Å²) in [6, 6.07) is 0. The van der Waals surface area contributed by atoms with Gasteiger partial charge in [-0.05, 0) is 34.6 Å². The van der Waals surface area contributed by atoms with Crippen LogP contribution < -0.4 is 0 Å². The molecule has 1 fully saturated rings. The van der Waals surface area contributed by atoms with E-state index in [0.717, 1.165) is 6.61 Å². The second kappa shape index (κ2) is 6.98. The molecule has 0 radical (unpaired) electrons. The van der Waals surface area contributed by atoms with Crippen molar-refractivity contribution in [3.63, 3.8) is 0 Å². The van der Waals surface area contributed by atoms with Crippen molar-refractivity contribution in [1.82, 2.24) is 0 Å². The van der Waals surface area contributed by atoms with Crippen molar-refractivity contribution in [1.29, 1.82) is 0 Å². The number of hydrogen-bond acceptors (Lipinski definition) is 5. The number of ether oxygens (including phenoxy) is 2. The molecule has 0 amide bonds. The van der Waals surface area contributed by atoms with Gasteiger partial charge in [0.15, 0.2) is 0 Å². The summed E-state index contributed by atoms with van der Waals surface area (Å²) in [5.74, 6) is 0. The summed E-state index contributed by atoms with van der Waals surface area (Å²) in [4.78, 5) is 0. The molecule has 0 aromatic heterocycles. The van der Waals surface area contributed by atoms with Gasteiger partial charge in [-0.15, -0.1) is 0 Å². The van der Waals surface area contributed by atoms with E-state index in [1.807, 2.05) is 34.6 Å². The van der Waals surface area contributed by atoms with Crippen molar-refractivity contribution in [2.45, 2.75) is 45.9 Å². The van der Waals surface area contributed by atoms with Crippen molar-refractivity contribution >= 4 is 8.80 Å². The van der Waals surface area contributed by atoms with E-state index in [1.165, 1.54) is 0 Å². The minimum atomic E-state index is -2.84. The first-order chi connectivity index (χ1) is 8.51. The van der Waals surface area contributed by atoms with E-state index in [0.29, 0.717) is 26.4 Å². The van der Waals surface area contributed by atoms with Crippen molar-refractivity contribution in [2.24, 2.45) is 0 Å². The molecule has 1 saturated heterocycles. The standard InChI is InChI=1S/C12H26O5Si/c1-6-15-18(16-7-2,17-8-3)12(4,5)14-10-11-9-13-11/h11H,6-10H2,1-5H3. The summed E-state index contributed by atoms with van der Waals surface area (Å²) in [6.45, 7) is 12.8. The Labute approximate surface area is 111 Å². The van der Waals surface area contributed by atoms with Gasteiger partial charge in [0.2, 0.25) is 0 Å². The summed E-state index contributed by atoms with van der Waals surface area (Å²) >= 11 is 0. The van der Waals surface area contributed by atoms with E-state index in [9.17, 15) is 0 Å². The van der Waals surface area contributed by atoms with Crippen LogP contribution in [-0.2, 0) is 22.8 Å². The molecule has 1 aliphatic heterocycles. The van der Waals surface area contributed by atoms with Crippen molar-refractivity contribution in [3.05, 3.63) is 0 Å². The second-order valence-electron chi connectivity index (χ2n) is 4.63. The third kappa shape index (κ3) is 4.01. The molecular weight excluding hydrogens is 252 g/mol. The Kier molecular flexibility index (Phi) is 6.23. The zero-order valence-electron chi connectivity index (χ0n) is 12.2. The van der Waals surface area contributed by atoms with Gasteiger partial charge < -0.3 is 22.8 Å². The quantitative estimate of drug-likeness (QED) is 0.450. The molecular formula is C12H26O5Si. The number of epoxide rings is 1. The highest BCUT2D eigenvalue weighted by Crippen LogP contribution is 2.29. The molecule has 0 saturated carbocycles. The molecule has 0 aromatic rings. The zero-order valence-corrected chi connectivity index (χ0v) is 13.2. The normalized spacial score (nSPS) is 20.2. The first-order valence-electron chi connectivity index (χ1n) is 6.68. The Morgan fingerprint density at radius 2 is 1.50 bits per heavy atom. The van der Waals surface area contributed by atoms with E-state index in [-0.39, 0.29) is 6.10 Å². The molecule has 0 aromatic carbocycles. The van der Waals surface area contributed by atoms with Gasteiger partial charge in [-0.2, -0.15) is 0 Å². The lowest BCUT2D eigenvalue weighted by molar-refractivity contribution is -0.0565. The third-order valence-electron chi connectivity index (χ3n) is 2.77. The maximum atomic E-state index is 5.94. The predicted octanol–water partition coefficient (Wildman–Crippen LogP) is 1.77. The fourth-order valence-electron chi connectivity index (χ4n) is 1.77. The molecule has 1 unspecified atom stereocenters. The fourth-order valence-corrected chi connectivity index (χ4v) is 4.46. The average molecular weight is 278 g/mol. The summed E-state index contributed by atoms with van der Waals surface area (Å²) in [5.41, 5.74) is 0. The molecule has 5 nitrogen and oxygen atoms in total. The lowest BCUT2D eigenvalue weighted by Gasteiger charge is -2.40. The SMILES string of the molecule is CCO[Si](OCC)(OCC)C(C)(C)OCC1CO1. The molecule has 1 heterocycles. The summed E-state index contributed by atoms with van der Waals surface area (Å²) < 4.78 is 28.7. The van der Waals surface area contributed by atoms with Crippen LogP contribution in [0, 0.1) is 0 Å². The molecule has 0 N–H and O–H groups in total. The highest BCUT2D eigenvalue weighted by molar-refractivity contribution is 6.63. The maximum absolute atomic E-state index is 5.94. The lowest BCUT2D eigenvalue weighted by Crippen LogP contribution is -2.64. The Hall–Kier alpha value is 0.0169. The van der Waals surface area contributed by atoms with Crippen LogP contribution in [0.15, 0.2) is 0 Å². The summed E-state index contributed by atoms with van der Waals surface area (Å²) in [7, 11) is -2.84. The van der Waals surface area contributed by atoms with Gasteiger partial charge in [-0.3, -0.25) is 0 Å². The van der Waals surface area contributed by atoms with E-state index < -0.39 is 14.0 Å². The van der Waals surface area contributed by atoms with Crippen LogP contribution in [0.1, 0.15) is 34.6 Å². The topological polar surface area (TPSA) is 49.5 Å². The zero-order chi connectivity index (χ0) is 13.6. The molecule has 6 heteroatoms. The highest BCUT2D eigenvalue weighted by Gasteiger charge is 2.57. The van der Waals surface area contributed by atoms with Crippen LogP contribution in [0.25, 0.3) is 0 Å². The van der Waals surface area contributed by atoms with Crippen LogP contribution in [-0.4, -0.2) is 53.2 Å². The Bertz CT molecular complexity index is 226. The van der Waals surface area contributed by atoms with Crippen LogP contribution in [0.4, 0.5) is 0 Å². The van der Waals surface area contributed by atoms with Gasteiger partial charge in [0.05, 0.1) is 13.2 Å². The number of rotatable bonds is 10. The lowest BCUT2D eigenvalue weighted by atomic mass is 10.4. The van der Waals surface area contributed by atoms with Gasteiger partial charge in [-0.25, -0.2) is 0 Å². The monoisotopic (exact) mass is 278 g/mol. The Balaban J connectivity index is 2.73. The van der Waals surface area contributed by atoms with Gasteiger partial charge in [0.1, 0.15) is 11.3 Å². The summed E-state index contributed by atoms with van der Waals surface area (Å²) in [6.07, 6.45) is 0.223. The van der Waals surface area contributed by atoms with Crippen LogP contribution >= 0.6 is 0 Å². The molecule has 108 valence electrons. The minimum Gasteiger partial charge on any atom is -0.372 e. The van der Waals surface area contributed by atoms with E-state index in [2.05, 4.69) is 0 Å². The molecule has 0 bridgehead atoms. The largest absolute Gasteiger partial charge is 0.534 e. The van der Waals surface area contributed by atoms with Crippen molar-refractivity contribution < 1.29 is 22.8 Å². The Morgan fingerprint density at radius 3 is 1.83 bits per heavy atom. The molecule has 0 spiro atoms. The van der Waals surface area contributed by atoms with Gasteiger partial charge in [0.25, 0.3) is 0 Å². The molecule has 1 aliphatic rings. The van der Waals surface area contributed by atoms with Crippen LogP contribution in [0.5, 0.6) is 0 Å². The average Bonchev–Trinajstić information content (AvgIpc) is 3.11. The minimum absolute atomic E-state index is 0.223. The van der Waals surface area contributed by atoms with Gasteiger partial charge >= 0.3 is 8.80 Å². The second-order valence-corrected chi connectivity index (χ2v) is 7.81. The molecule has 0 aliphatic carbocycles. The Morgan fingerprint density at radius 1 is 1.06 bits per heavy atom.